The van der Waals surface area contributed by atoms with E-state index in [1.807, 2.05) is 60.7 Å². The number of hydrogen-bond acceptors (Lipinski definition) is 2. The van der Waals surface area contributed by atoms with Crippen molar-refractivity contribution in [3.63, 3.8) is 0 Å². The Kier molecular flexibility index (Phi) is 6.75. The maximum absolute atomic E-state index is 4.80. The topological polar surface area (TPSA) is 30.7 Å². The van der Waals surface area contributed by atoms with Crippen LogP contribution in [0.3, 0.4) is 0 Å². The first-order valence-electron chi connectivity index (χ1n) is 10.4. The van der Waals surface area contributed by atoms with Crippen LogP contribution in [-0.2, 0) is 20.1 Å². The number of benzene rings is 3. The predicted molar refractivity (Wildman–Crippen MR) is 126 cm³/mol. The minimum absolute atomic E-state index is 0. The Bertz CT molecular complexity index is 1290. The van der Waals surface area contributed by atoms with Crippen LogP contribution in [0.1, 0.15) is 18.5 Å². The van der Waals surface area contributed by atoms with E-state index >= 15 is 0 Å². The third-order valence-electron chi connectivity index (χ3n) is 5.30. The largest absolute Gasteiger partial charge is 0.358 e. The molecule has 0 aliphatic carbocycles. The van der Waals surface area contributed by atoms with Crippen LogP contribution in [0.25, 0.3) is 39.8 Å². The van der Waals surface area contributed by atoms with Gasteiger partial charge < -0.3 is 9.55 Å². The van der Waals surface area contributed by atoms with Crippen LogP contribution in [0.15, 0.2) is 97.2 Å². The molecule has 32 heavy (non-hydrogen) atoms. The zero-order chi connectivity index (χ0) is 21.0. The molecule has 159 valence electrons. The Morgan fingerprint density at radius 1 is 0.812 bits per heavy atom. The SMILES string of the molecule is CC1C=Cc2cccc3nc(-c4[c-]cccc4)n1c23.[Ir].[c-]1ccccc1-c1ccccn1. The number of nitrogens with zero attached hydrogens (tertiary/aromatic N) is 3. The van der Waals surface area contributed by atoms with Crippen LogP contribution in [0.4, 0.5) is 0 Å². The van der Waals surface area contributed by atoms with Crippen LogP contribution < -0.4 is 0 Å². The molecule has 1 atom stereocenters. The quantitative estimate of drug-likeness (QED) is 0.216. The Morgan fingerprint density at radius 2 is 1.56 bits per heavy atom. The Morgan fingerprint density at radius 3 is 2.25 bits per heavy atom. The molecule has 3 aromatic carbocycles. The monoisotopic (exact) mass is 592 g/mol. The maximum Gasteiger partial charge on any atom is 0.0777 e. The fourth-order valence-electron chi connectivity index (χ4n) is 3.83. The van der Waals surface area contributed by atoms with Gasteiger partial charge >= 0.3 is 0 Å². The van der Waals surface area contributed by atoms with Crippen molar-refractivity contribution in [2.75, 3.05) is 0 Å². The fourth-order valence-corrected chi connectivity index (χ4v) is 3.83. The molecule has 0 N–H and O–H groups in total. The zero-order valence-corrected chi connectivity index (χ0v) is 20.0. The van der Waals surface area contributed by atoms with Crippen molar-refractivity contribution < 1.29 is 20.1 Å². The smallest absolute Gasteiger partial charge is 0.0777 e. The van der Waals surface area contributed by atoms with Crippen molar-refractivity contribution in [3.8, 4) is 22.6 Å². The Hall–Kier alpha value is -3.33. The molecule has 3 nitrogen and oxygen atoms in total. The molecule has 1 aliphatic heterocycles. The minimum atomic E-state index is 0. The number of hydrogen-bond donors (Lipinski definition) is 0. The summed E-state index contributed by atoms with van der Waals surface area (Å²) in [5, 5.41) is 0. The first-order chi connectivity index (χ1) is 15.3. The van der Waals surface area contributed by atoms with Crippen LogP contribution in [0, 0.1) is 12.1 Å². The van der Waals surface area contributed by atoms with Gasteiger partial charge in [0.05, 0.1) is 16.9 Å². The average molecular weight is 592 g/mol. The van der Waals surface area contributed by atoms with E-state index < -0.39 is 0 Å². The van der Waals surface area contributed by atoms with Gasteiger partial charge in [0.2, 0.25) is 0 Å². The van der Waals surface area contributed by atoms with Gasteiger partial charge in [-0.15, -0.1) is 71.8 Å². The van der Waals surface area contributed by atoms with Gasteiger partial charge in [0, 0.05) is 32.3 Å². The first kappa shape index (κ1) is 21.9. The molecule has 0 fully saturated rings. The van der Waals surface area contributed by atoms with Gasteiger partial charge in [0.25, 0.3) is 0 Å². The summed E-state index contributed by atoms with van der Waals surface area (Å²) in [6.07, 6.45) is 6.19. The van der Waals surface area contributed by atoms with Crippen LogP contribution in [-0.4, -0.2) is 14.5 Å². The molecule has 3 heterocycles. The van der Waals surface area contributed by atoms with E-state index in [0.29, 0.717) is 6.04 Å². The van der Waals surface area contributed by atoms with Crippen molar-refractivity contribution in [2.24, 2.45) is 0 Å². The first-order valence-corrected chi connectivity index (χ1v) is 10.4. The second-order valence-electron chi connectivity index (χ2n) is 7.39. The minimum Gasteiger partial charge on any atom is -0.358 e. The fraction of sp³-hybridized carbons (Fsp3) is 0.0714. The summed E-state index contributed by atoms with van der Waals surface area (Å²) in [4.78, 5) is 9.01. The second-order valence-corrected chi connectivity index (χ2v) is 7.39. The van der Waals surface area contributed by atoms with Gasteiger partial charge in [-0.25, -0.2) is 0 Å². The average Bonchev–Trinajstić information content (AvgIpc) is 3.25. The summed E-state index contributed by atoms with van der Waals surface area (Å²) in [5.41, 5.74) is 6.58. The molecule has 0 bridgehead atoms. The molecular weight excluding hydrogens is 571 g/mol. The van der Waals surface area contributed by atoms with Crippen molar-refractivity contribution in [2.45, 2.75) is 13.0 Å². The van der Waals surface area contributed by atoms with Crippen molar-refractivity contribution in [3.05, 3.63) is 115 Å². The summed E-state index contributed by atoms with van der Waals surface area (Å²) in [7, 11) is 0. The zero-order valence-electron chi connectivity index (χ0n) is 17.6. The summed E-state index contributed by atoms with van der Waals surface area (Å²) >= 11 is 0. The van der Waals surface area contributed by atoms with Crippen LogP contribution in [0.5, 0.6) is 0 Å². The van der Waals surface area contributed by atoms with Crippen LogP contribution >= 0.6 is 0 Å². The molecule has 1 radical (unpaired) electrons. The Labute approximate surface area is 201 Å². The number of aromatic nitrogens is 3. The van der Waals surface area contributed by atoms with Gasteiger partial charge in [-0.05, 0) is 30.3 Å². The molecule has 6 rings (SSSR count). The normalized spacial score (nSPS) is 13.7. The van der Waals surface area contributed by atoms with E-state index in [1.54, 1.807) is 6.20 Å². The standard InChI is InChI=1S/C17H13N2.C11H8N.Ir/c1-12-10-11-13-8-5-9-15-16(13)19(12)17(18-15)14-6-3-2-4-7-14;1-2-6-10(7-3-1)11-8-4-5-9-12-11;/h2-6,8-12H,1H3;1-6,8-9H;/q2*-1;. The van der Waals surface area contributed by atoms with Gasteiger partial charge in [0.15, 0.2) is 0 Å². The van der Waals surface area contributed by atoms with Crippen molar-refractivity contribution >= 4 is 17.1 Å². The number of rotatable bonds is 2. The maximum atomic E-state index is 4.80. The van der Waals surface area contributed by atoms with E-state index in [-0.39, 0.29) is 20.1 Å². The predicted octanol–water partition coefficient (Wildman–Crippen LogP) is 6.64. The molecule has 5 aromatic rings. The third kappa shape index (κ3) is 4.33. The van der Waals surface area contributed by atoms with Gasteiger partial charge in [-0.2, -0.15) is 0 Å². The van der Waals surface area contributed by atoms with Gasteiger partial charge in [0.1, 0.15) is 0 Å². The van der Waals surface area contributed by atoms with Crippen molar-refractivity contribution in [1.29, 1.82) is 0 Å². The van der Waals surface area contributed by atoms with E-state index in [4.69, 9.17) is 4.98 Å². The van der Waals surface area contributed by atoms with Gasteiger partial charge in [-0.3, -0.25) is 4.98 Å². The molecule has 0 amide bonds. The molecule has 0 saturated carbocycles. The van der Waals surface area contributed by atoms with Crippen molar-refractivity contribution in [1.82, 2.24) is 14.5 Å². The number of allylic oxidation sites excluding steroid dienone is 1. The van der Waals surface area contributed by atoms with E-state index in [0.717, 1.165) is 28.2 Å². The van der Waals surface area contributed by atoms with Gasteiger partial charge in [-0.1, -0.05) is 36.4 Å². The molecule has 1 aliphatic rings. The number of para-hydroxylation sites is 1. The van der Waals surface area contributed by atoms with Crippen LogP contribution in [0.2, 0.25) is 0 Å². The second kappa shape index (κ2) is 9.86. The summed E-state index contributed by atoms with van der Waals surface area (Å²) < 4.78 is 2.30. The molecular formula is C28H21IrN3-2. The molecule has 0 saturated heterocycles. The molecule has 0 spiro atoms. The molecule has 1 unspecified atom stereocenters. The van der Waals surface area contributed by atoms with E-state index in [1.165, 1.54) is 11.1 Å². The summed E-state index contributed by atoms with van der Waals surface area (Å²) in [6, 6.07) is 34.7. The number of imidazole rings is 1. The third-order valence-corrected chi connectivity index (χ3v) is 5.30. The summed E-state index contributed by atoms with van der Waals surface area (Å²) in [6.45, 7) is 2.19. The van der Waals surface area contributed by atoms with E-state index in [9.17, 15) is 0 Å². The molecule has 4 heteroatoms. The van der Waals surface area contributed by atoms with E-state index in [2.05, 4.69) is 65.0 Å². The summed E-state index contributed by atoms with van der Waals surface area (Å²) in [5.74, 6) is 1.000. The number of pyridine rings is 1. The Balaban J connectivity index is 0.000000164. The molecule has 2 aromatic heterocycles.